The van der Waals surface area contributed by atoms with Gasteiger partial charge in [-0.15, -0.1) is 11.3 Å². The highest BCUT2D eigenvalue weighted by Gasteiger charge is 2.16. The average molecular weight is 251 g/mol. The summed E-state index contributed by atoms with van der Waals surface area (Å²) in [6.45, 7) is 5.46. The summed E-state index contributed by atoms with van der Waals surface area (Å²) in [4.78, 5) is 5.74. The molecule has 0 bridgehead atoms. The second-order valence-corrected chi connectivity index (χ2v) is 5.96. The Balaban J connectivity index is 2.00. The van der Waals surface area contributed by atoms with E-state index in [4.69, 9.17) is 5.73 Å². The topological polar surface area (TPSA) is 50.4 Å². The summed E-state index contributed by atoms with van der Waals surface area (Å²) in [7, 11) is 0. The highest BCUT2D eigenvalue weighted by Crippen LogP contribution is 2.26. The van der Waals surface area contributed by atoms with Crippen molar-refractivity contribution in [2.24, 2.45) is 16.6 Å². The molecule has 1 aliphatic heterocycles. The number of hydrogen-bond acceptors (Lipinski definition) is 4. The zero-order chi connectivity index (χ0) is 12.3. The van der Waals surface area contributed by atoms with E-state index >= 15 is 0 Å². The summed E-state index contributed by atoms with van der Waals surface area (Å²) in [5.74, 6) is 1.53. The molecule has 0 saturated heterocycles. The Labute approximate surface area is 107 Å². The molecule has 1 unspecified atom stereocenters. The monoisotopic (exact) mass is 251 g/mol. The first kappa shape index (κ1) is 12.6. The van der Waals surface area contributed by atoms with Crippen LogP contribution in [0.5, 0.6) is 0 Å². The van der Waals surface area contributed by atoms with Gasteiger partial charge in [0.2, 0.25) is 0 Å². The van der Waals surface area contributed by atoms with E-state index < -0.39 is 0 Å². The van der Waals surface area contributed by atoms with Crippen LogP contribution < -0.4 is 11.1 Å². The number of aliphatic imine (C=N–C) groups is 1. The Morgan fingerprint density at radius 2 is 2.41 bits per heavy atom. The molecule has 0 aromatic carbocycles. The molecule has 0 radical (unpaired) electrons. The van der Waals surface area contributed by atoms with Crippen molar-refractivity contribution in [3.05, 3.63) is 21.9 Å². The van der Waals surface area contributed by atoms with E-state index in [1.807, 2.05) is 0 Å². The third-order valence-electron chi connectivity index (χ3n) is 2.97. The number of rotatable bonds is 4. The van der Waals surface area contributed by atoms with E-state index in [0.29, 0.717) is 0 Å². The molecule has 3 N–H and O–H groups in total. The predicted molar refractivity (Wildman–Crippen MR) is 74.5 cm³/mol. The molecule has 3 nitrogen and oxygen atoms in total. The van der Waals surface area contributed by atoms with Crippen LogP contribution in [0, 0.1) is 5.92 Å². The smallest absolute Gasteiger partial charge is 0.136 e. The number of nitrogens with zero attached hydrogens (tertiary/aromatic N) is 1. The lowest BCUT2D eigenvalue weighted by Crippen LogP contribution is -2.31. The fourth-order valence-corrected chi connectivity index (χ4v) is 2.86. The maximum atomic E-state index is 5.78. The molecule has 17 heavy (non-hydrogen) atoms. The molecule has 0 fully saturated rings. The molecular weight excluding hydrogens is 230 g/mol. The number of aryl methyl sites for hydroxylation is 1. The minimum Gasteiger partial charge on any atom is -0.387 e. The lowest BCUT2D eigenvalue weighted by Gasteiger charge is -2.18. The first-order valence-corrected chi connectivity index (χ1v) is 7.16. The normalized spacial score (nSPS) is 20.6. The van der Waals surface area contributed by atoms with E-state index in [1.54, 1.807) is 11.3 Å². The van der Waals surface area contributed by atoms with Gasteiger partial charge in [0.15, 0.2) is 0 Å². The summed E-state index contributed by atoms with van der Waals surface area (Å²) < 4.78 is 0. The summed E-state index contributed by atoms with van der Waals surface area (Å²) in [6, 6.07) is 2.27. The van der Waals surface area contributed by atoms with Crippen molar-refractivity contribution in [2.45, 2.75) is 39.3 Å². The molecule has 4 heteroatoms. The van der Waals surface area contributed by atoms with Gasteiger partial charge in [-0.25, -0.2) is 4.99 Å². The number of nitrogens with two attached hydrogens (primary N) is 1. The molecule has 2 heterocycles. The van der Waals surface area contributed by atoms with Gasteiger partial charge in [-0.1, -0.05) is 13.8 Å². The standard InChI is InChI=1S/C13H21N3S/c1-9(2)3-4-10-7-11(17-8-10)13-15-6-5-12(14)16-13/h7-9,13,15H,3-6H2,1-2H3,(H2,14,16). The third kappa shape index (κ3) is 3.54. The lowest BCUT2D eigenvalue weighted by molar-refractivity contribution is 0.546. The second-order valence-electron chi connectivity index (χ2n) is 5.02. The summed E-state index contributed by atoms with van der Waals surface area (Å²) in [5.41, 5.74) is 7.21. The van der Waals surface area contributed by atoms with Crippen molar-refractivity contribution in [1.82, 2.24) is 5.32 Å². The van der Waals surface area contributed by atoms with E-state index in [0.717, 1.165) is 24.7 Å². The van der Waals surface area contributed by atoms with Gasteiger partial charge in [0.25, 0.3) is 0 Å². The lowest BCUT2D eigenvalue weighted by atomic mass is 10.0. The largest absolute Gasteiger partial charge is 0.387 e. The number of thiophene rings is 1. The highest BCUT2D eigenvalue weighted by molar-refractivity contribution is 7.10. The van der Waals surface area contributed by atoms with E-state index in [-0.39, 0.29) is 6.17 Å². The summed E-state index contributed by atoms with van der Waals surface area (Å²) in [5, 5.41) is 5.64. The molecule has 0 amide bonds. The van der Waals surface area contributed by atoms with Gasteiger partial charge in [0.05, 0.1) is 5.84 Å². The number of nitrogens with one attached hydrogen (secondary N) is 1. The van der Waals surface area contributed by atoms with Gasteiger partial charge in [0.1, 0.15) is 6.17 Å². The molecule has 1 atom stereocenters. The van der Waals surface area contributed by atoms with Crippen LogP contribution in [0.15, 0.2) is 16.4 Å². The minimum atomic E-state index is 0.0848. The fraction of sp³-hybridized carbons (Fsp3) is 0.615. The van der Waals surface area contributed by atoms with Gasteiger partial charge < -0.3 is 5.73 Å². The van der Waals surface area contributed by atoms with E-state index in [1.165, 1.54) is 23.3 Å². The van der Waals surface area contributed by atoms with Gasteiger partial charge >= 0.3 is 0 Å². The average Bonchev–Trinajstić information content (AvgIpc) is 2.75. The molecule has 0 saturated carbocycles. The van der Waals surface area contributed by atoms with E-state index in [9.17, 15) is 0 Å². The zero-order valence-corrected chi connectivity index (χ0v) is 11.4. The SMILES string of the molecule is CC(C)CCc1csc(C2N=C(N)CCN2)c1. The van der Waals surface area contributed by atoms with Crippen molar-refractivity contribution in [3.63, 3.8) is 0 Å². The van der Waals surface area contributed by atoms with Crippen molar-refractivity contribution in [3.8, 4) is 0 Å². The van der Waals surface area contributed by atoms with Gasteiger partial charge in [-0.3, -0.25) is 5.32 Å². The molecule has 0 aliphatic carbocycles. The number of hydrogen-bond donors (Lipinski definition) is 2. The third-order valence-corrected chi connectivity index (χ3v) is 4.00. The van der Waals surface area contributed by atoms with Gasteiger partial charge in [-0.2, -0.15) is 0 Å². The minimum absolute atomic E-state index is 0.0848. The van der Waals surface area contributed by atoms with Crippen LogP contribution >= 0.6 is 11.3 Å². The van der Waals surface area contributed by atoms with E-state index in [2.05, 4.69) is 35.6 Å². The van der Waals surface area contributed by atoms with Crippen LogP contribution in [0.4, 0.5) is 0 Å². The molecular formula is C13H21N3S. The van der Waals surface area contributed by atoms with Crippen LogP contribution in [-0.2, 0) is 6.42 Å². The Hall–Kier alpha value is -0.870. The Morgan fingerprint density at radius 1 is 1.59 bits per heavy atom. The summed E-state index contributed by atoms with van der Waals surface area (Å²) in [6.07, 6.45) is 3.36. The molecule has 1 aromatic rings. The molecule has 1 aliphatic rings. The first-order chi connectivity index (χ1) is 8.15. The van der Waals surface area contributed by atoms with Crippen LogP contribution in [0.25, 0.3) is 0 Å². The molecule has 2 rings (SSSR count). The van der Waals surface area contributed by atoms with Crippen molar-refractivity contribution in [2.75, 3.05) is 6.54 Å². The van der Waals surface area contributed by atoms with Crippen LogP contribution in [0.1, 0.15) is 43.3 Å². The molecule has 0 spiro atoms. The van der Waals surface area contributed by atoms with Crippen molar-refractivity contribution < 1.29 is 0 Å². The number of amidine groups is 1. The fourth-order valence-electron chi connectivity index (χ4n) is 1.90. The maximum Gasteiger partial charge on any atom is 0.136 e. The van der Waals surface area contributed by atoms with Crippen molar-refractivity contribution >= 4 is 17.2 Å². The maximum absolute atomic E-state index is 5.78. The molecule has 1 aromatic heterocycles. The first-order valence-electron chi connectivity index (χ1n) is 6.28. The van der Waals surface area contributed by atoms with Gasteiger partial charge in [0, 0.05) is 17.8 Å². The van der Waals surface area contributed by atoms with Crippen LogP contribution in [0.3, 0.4) is 0 Å². The van der Waals surface area contributed by atoms with Crippen LogP contribution in [-0.4, -0.2) is 12.4 Å². The Kier molecular flexibility index (Phi) is 4.18. The Morgan fingerprint density at radius 3 is 3.12 bits per heavy atom. The van der Waals surface area contributed by atoms with Crippen molar-refractivity contribution in [1.29, 1.82) is 0 Å². The zero-order valence-electron chi connectivity index (χ0n) is 10.6. The highest BCUT2D eigenvalue weighted by atomic mass is 32.1. The predicted octanol–water partition coefficient (Wildman–Crippen LogP) is 2.69. The summed E-state index contributed by atoms with van der Waals surface area (Å²) >= 11 is 1.78. The second kappa shape index (κ2) is 5.65. The quantitative estimate of drug-likeness (QED) is 0.864. The van der Waals surface area contributed by atoms with Crippen LogP contribution in [0.2, 0.25) is 0 Å². The molecule has 94 valence electrons. The Bertz CT molecular complexity index is 395. The van der Waals surface area contributed by atoms with Gasteiger partial charge in [-0.05, 0) is 35.8 Å².